The van der Waals surface area contributed by atoms with Crippen LogP contribution in [0.4, 0.5) is 0 Å². The summed E-state index contributed by atoms with van der Waals surface area (Å²) < 4.78 is 27.1. The predicted molar refractivity (Wildman–Crippen MR) is 123 cm³/mol. The van der Waals surface area contributed by atoms with E-state index in [2.05, 4.69) is 10.5 Å². The lowest BCUT2D eigenvalue weighted by atomic mass is 10.2. The summed E-state index contributed by atoms with van der Waals surface area (Å²) in [6, 6.07) is 18.6. The van der Waals surface area contributed by atoms with Crippen LogP contribution in [0.25, 0.3) is 0 Å². The molecule has 1 N–H and O–H groups in total. The van der Waals surface area contributed by atoms with Crippen molar-refractivity contribution < 1.29 is 33.3 Å². The maximum Gasteiger partial charge on any atom is 0.343 e. The summed E-state index contributed by atoms with van der Waals surface area (Å²) in [6.07, 6.45) is 0.617. The molecule has 1 aliphatic heterocycles. The molecule has 0 aliphatic carbocycles. The zero-order valence-corrected chi connectivity index (χ0v) is 18.5. The highest BCUT2D eigenvalue weighted by Crippen LogP contribution is 2.31. The van der Waals surface area contributed by atoms with Crippen molar-refractivity contribution in [3.05, 3.63) is 77.9 Å². The molecule has 3 aromatic rings. The topological polar surface area (TPSA) is 105 Å². The molecule has 0 spiro atoms. The molecule has 0 fully saturated rings. The van der Waals surface area contributed by atoms with Crippen LogP contribution in [-0.4, -0.2) is 45.0 Å². The molecule has 1 heterocycles. The molecule has 4 rings (SSSR count). The Balaban J connectivity index is 1.37. The number of nitrogens with zero attached hydrogens (tertiary/aromatic N) is 1. The van der Waals surface area contributed by atoms with Crippen LogP contribution in [0.2, 0.25) is 0 Å². The van der Waals surface area contributed by atoms with Gasteiger partial charge in [-0.15, -0.1) is 0 Å². The van der Waals surface area contributed by atoms with Gasteiger partial charge in [-0.2, -0.15) is 5.10 Å². The molecule has 174 valence electrons. The van der Waals surface area contributed by atoms with E-state index in [1.54, 1.807) is 60.7 Å². The average molecular weight is 462 g/mol. The van der Waals surface area contributed by atoms with Crippen LogP contribution < -0.4 is 29.1 Å². The van der Waals surface area contributed by atoms with Gasteiger partial charge in [0.1, 0.15) is 12.4 Å². The van der Waals surface area contributed by atoms with E-state index < -0.39 is 18.0 Å². The first kappa shape index (κ1) is 22.7. The molecular weight excluding hydrogens is 440 g/mol. The Kier molecular flexibility index (Phi) is 6.92. The van der Waals surface area contributed by atoms with Crippen LogP contribution in [0.5, 0.6) is 28.7 Å². The number of carbonyl (C=O) groups excluding carboxylic acids is 2. The first-order chi connectivity index (χ1) is 16.6. The third-order valence-electron chi connectivity index (χ3n) is 4.89. The van der Waals surface area contributed by atoms with Gasteiger partial charge in [0.25, 0.3) is 5.91 Å². The molecule has 3 aromatic carbocycles. The van der Waals surface area contributed by atoms with Crippen molar-refractivity contribution in [2.45, 2.75) is 6.10 Å². The summed E-state index contributed by atoms with van der Waals surface area (Å²) in [4.78, 5) is 24.8. The fraction of sp³-hybridized carbons (Fsp3) is 0.160. The quantitative estimate of drug-likeness (QED) is 0.249. The van der Waals surface area contributed by atoms with Crippen molar-refractivity contribution >= 4 is 18.1 Å². The molecule has 0 saturated heterocycles. The van der Waals surface area contributed by atoms with Gasteiger partial charge in [-0.05, 0) is 54.1 Å². The summed E-state index contributed by atoms with van der Waals surface area (Å²) in [5, 5.41) is 3.97. The minimum absolute atomic E-state index is 0.0829. The average Bonchev–Trinajstić information content (AvgIpc) is 2.89. The Bertz CT molecular complexity index is 1230. The smallest absolute Gasteiger partial charge is 0.343 e. The number of hydrazone groups is 1. The number of esters is 1. The second-order valence-electron chi connectivity index (χ2n) is 7.13. The van der Waals surface area contributed by atoms with Gasteiger partial charge >= 0.3 is 5.97 Å². The lowest BCUT2D eigenvalue weighted by molar-refractivity contribution is -0.130. The SMILES string of the molecule is COc1cccc(C(=O)Oc2ccc(/C=N\NC(=O)[C@@H]3COc4ccccc4O3)cc2OC)c1. The van der Waals surface area contributed by atoms with E-state index in [4.69, 9.17) is 23.7 Å². The maximum atomic E-state index is 12.5. The minimum atomic E-state index is -0.819. The molecule has 1 atom stereocenters. The van der Waals surface area contributed by atoms with Gasteiger partial charge in [0.15, 0.2) is 23.0 Å². The van der Waals surface area contributed by atoms with E-state index in [0.717, 1.165) is 0 Å². The van der Waals surface area contributed by atoms with Crippen molar-refractivity contribution in [3.8, 4) is 28.7 Å². The summed E-state index contributed by atoms with van der Waals surface area (Å²) in [5.41, 5.74) is 3.39. The molecule has 0 aromatic heterocycles. The fourth-order valence-electron chi connectivity index (χ4n) is 3.15. The number of rotatable bonds is 7. The van der Waals surface area contributed by atoms with Crippen molar-refractivity contribution in [2.75, 3.05) is 20.8 Å². The Morgan fingerprint density at radius 1 is 0.971 bits per heavy atom. The number of carbonyl (C=O) groups is 2. The monoisotopic (exact) mass is 462 g/mol. The number of ether oxygens (including phenoxy) is 5. The van der Waals surface area contributed by atoms with Crippen molar-refractivity contribution in [3.63, 3.8) is 0 Å². The Labute approximate surface area is 195 Å². The largest absolute Gasteiger partial charge is 0.497 e. The molecule has 0 unspecified atom stereocenters. The van der Waals surface area contributed by atoms with Gasteiger partial charge in [-0.1, -0.05) is 18.2 Å². The molecule has 0 bridgehead atoms. The lowest BCUT2D eigenvalue weighted by Crippen LogP contribution is -2.42. The van der Waals surface area contributed by atoms with Crippen LogP contribution in [0.15, 0.2) is 71.8 Å². The van der Waals surface area contributed by atoms with Gasteiger partial charge in [0.2, 0.25) is 6.10 Å². The number of hydrogen-bond acceptors (Lipinski definition) is 8. The highest BCUT2D eigenvalue weighted by atomic mass is 16.6. The molecule has 1 aliphatic rings. The van der Waals surface area contributed by atoms with Crippen LogP contribution >= 0.6 is 0 Å². The van der Waals surface area contributed by atoms with Gasteiger partial charge in [-0.3, -0.25) is 4.79 Å². The van der Waals surface area contributed by atoms with Crippen molar-refractivity contribution in [1.29, 1.82) is 0 Å². The Morgan fingerprint density at radius 3 is 2.59 bits per heavy atom. The zero-order valence-electron chi connectivity index (χ0n) is 18.5. The fourth-order valence-corrected chi connectivity index (χ4v) is 3.15. The van der Waals surface area contributed by atoms with E-state index in [1.165, 1.54) is 20.4 Å². The molecule has 1 amide bonds. The van der Waals surface area contributed by atoms with Crippen LogP contribution in [0, 0.1) is 0 Å². The second kappa shape index (κ2) is 10.4. The summed E-state index contributed by atoms with van der Waals surface area (Å²) in [5.74, 6) is 1.21. The highest BCUT2D eigenvalue weighted by Gasteiger charge is 2.27. The Morgan fingerprint density at radius 2 is 1.79 bits per heavy atom. The first-order valence-corrected chi connectivity index (χ1v) is 10.3. The number of nitrogens with one attached hydrogen (secondary N) is 1. The Hall–Kier alpha value is -4.53. The summed E-state index contributed by atoms with van der Waals surface area (Å²) in [7, 11) is 2.98. The zero-order chi connectivity index (χ0) is 23.9. The summed E-state index contributed by atoms with van der Waals surface area (Å²) >= 11 is 0. The molecule has 34 heavy (non-hydrogen) atoms. The van der Waals surface area contributed by atoms with E-state index in [0.29, 0.717) is 34.1 Å². The molecule has 9 heteroatoms. The van der Waals surface area contributed by atoms with Crippen LogP contribution in [0.3, 0.4) is 0 Å². The number of methoxy groups -OCH3 is 2. The van der Waals surface area contributed by atoms with Gasteiger partial charge < -0.3 is 23.7 Å². The standard InChI is InChI=1S/C25H22N2O7/c1-30-18-7-5-6-17(13-18)25(29)34-21-11-10-16(12-22(21)31-2)14-26-27-24(28)23-15-32-19-8-3-4-9-20(19)33-23/h3-14,23H,15H2,1-2H3,(H,27,28)/b26-14-/t23-/m0/s1. The van der Waals surface area contributed by atoms with Gasteiger partial charge in [-0.25, -0.2) is 10.2 Å². The number of benzene rings is 3. The minimum Gasteiger partial charge on any atom is -0.497 e. The maximum absolute atomic E-state index is 12.5. The van der Waals surface area contributed by atoms with Crippen LogP contribution in [-0.2, 0) is 4.79 Å². The third-order valence-corrected chi connectivity index (χ3v) is 4.89. The van der Waals surface area contributed by atoms with E-state index in [1.807, 2.05) is 6.07 Å². The lowest BCUT2D eigenvalue weighted by Gasteiger charge is -2.24. The number of hydrogen-bond donors (Lipinski definition) is 1. The highest BCUT2D eigenvalue weighted by molar-refractivity contribution is 5.92. The van der Waals surface area contributed by atoms with Gasteiger partial charge in [0.05, 0.1) is 26.0 Å². The van der Waals surface area contributed by atoms with Gasteiger partial charge in [0, 0.05) is 0 Å². The normalized spacial score (nSPS) is 14.4. The van der Waals surface area contributed by atoms with E-state index in [9.17, 15) is 9.59 Å². The molecule has 9 nitrogen and oxygen atoms in total. The number of para-hydroxylation sites is 2. The van der Waals surface area contributed by atoms with Crippen LogP contribution in [0.1, 0.15) is 15.9 Å². The third kappa shape index (κ3) is 5.26. The molecule has 0 saturated carbocycles. The predicted octanol–water partition coefficient (Wildman–Crippen LogP) is 3.21. The molecular formula is C25H22N2O7. The molecule has 0 radical (unpaired) electrons. The number of amides is 1. The summed E-state index contributed by atoms with van der Waals surface area (Å²) in [6.45, 7) is 0.0829. The second-order valence-corrected chi connectivity index (χ2v) is 7.13. The van der Waals surface area contributed by atoms with Crippen molar-refractivity contribution in [1.82, 2.24) is 5.43 Å². The van der Waals surface area contributed by atoms with E-state index >= 15 is 0 Å². The van der Waals surface area contributed by atoms with Crippen molar-refractivity contribution in [2.24, 2.45) is 5.10 Å². The van der Waals surface area contributed by atoms with E-state index in [-0.39, 0.29) is 12.4 Å². The number of fused-ring (bicyclic) bond motifs is 1. The first-order valence-electron chi connectivity index (χ1n) is 10.3.